The number of nitrogens with one attached hydrogen (secondary N) is 1. The minimum Gasteiger partial charge on any atom is -0.381 e. The van der Waals surface area contributed by atoms with Crippen LogP contribution in [-0.4, -0.2) is 26.3 Å². The van der Waals surface area contributed by atoms with Gasteiger partial charge in [-0.25, -0.2) is 0 Å². The molecule has 0 heterocycles. The number of hydrogen-bond donors (Lipinski definition) is 1. The molecule has 0 aromatic heterocycles. The van der Waals surface area contributed by atoms with E-state index in [1.54, 1.807) is 0 Å². The van der Waals surface area contributed by atoms with E-state index in [1.807, 2.05) is 0 Å². The van der Waals surface area contributed by atoms with Gasteiger partial charge in [0.2, 0.25) is 0 Å². The summed E-state index contributed by atoms with van der Waals surface area (Å²) < 4.78 is 5.59. The maximum absolute atomic E-state index is 5.59. The highest BCUT2D eigenvalue weighted by Crippen LogP contribution is 2.28. The van der Waals surface area contributed by atoms with Crippen molar-refractivity contribution in [2.75, 3.05) is 26.3 Å². The van der Waals surface area contributed by atoms with Gasteiger partial charge in [-0.1, -0.05) is 34.6 Å². The van der Waals surface area contributed by atoms with E-state index in [2.05, 4.69) is 39.9 Å². The summed E-state index contributed by atoms with van der Waals surface area (Å²) in [5.41, 5.74) is 0.371. The van der Waals surface area contributed by atoms with Gasteiger partial charge in [0, 0.05) is 13.2 Å². The molecular weight excluding hydrogens is 198 g/mol. The van der Waals surface area contributed by atoms with Crippen LogP contribution in [0.1, 0.15) is 53.9 Å². The lowest BCUT2D eigenvalue weighted by atomic mass is 9.79. The van der Waals surface area contributed by atoms with E-state index >= 15 is 0 Å². The second-order valence-electron chi connectivity index (χ2n) is 5.67. The Morgan fingerprint density at radius 1 is 1.06 bits per heavy atom. The molecule has 0 amide bonds. The van der Waals surface area contributed by atoms with Crippen LogP contribution in [-0.2, 0) is 4.74 Å². The van der Waals surface area contributed by atoms with Crippen molar-refractivity contribution in [3.8, 4) is 0 Å². The van der Waals surface area contributed by atoms with Crippen molar-refractivity contribution >= 4 is 0 Å². The number of ether oxygens (including phenoxy) is 1. The van der Waals surface area contributed by atoms with E-state index in [1.165, 1.54) is 12.8 Å². The van der Waals surface area contributed by atoms with Gasteiger partial charge in [0.15, 0.2) is 0 Å². The lowest BCUT2D eigenvalue weighted by Crippen LogP contribution is -2.33. The molecule has 2 nitrogen and oxygen atoms in total. The van der Waals surface area contributed by atoms with Crippen molar-refractivity contribution in [1.29, 1.82) is 0 Å². The Morgan fingerprint density at radius 2 is 1.75 bits per heavy atom. The summed E-state index contributed by atoms with van der Waals surface area (Å²) in [6.45, 7) is 15.4. The van der Waals surface area contributed by atoms with Gasteiger partial charge >= 0.3 is 0 Å². The van der Waals surface area contributed by atoms with Crippen molar-refractivity contribution in [2.45, 2.75) is 53.9 Å². The second kappa shape index (κ2) is 9.00. The molecule has 0 aliphatic heterocycles. The molecule has 0 spiro atoms. The first kappa shape index (κ1) is 15.9. The van der Waals surface area contributed by atoms with Gasteiger partial charge in [0.25, 0.3) is 0 Å². The first-order chi connectivity index (χ1) is 7.52. The maximum atomic E-state index is 5.59. The molecule has 16 heavy (non-hydrogen) atoms. The molecule has 1 atom stereocenters. The van der Waals surface area contributed by atoms with Crippen LogP contribution in [0.25, 0.3) is 0 Å². The molecule has 0 saturated heterocycles. The standard InChI is InChI=1S/C14H31NO/c1-6-9-15-12-13(14(3,4)5)8-11-16-10-7-2/h13,15H,6-12H2,1-5H3. The van der Waals surface area contributed by atoms with Crippen LogP contribution in [0.4, 0.5) is 0 Å². The summed E-state index contributed by atoms with van der Waals surface area (Å²) >= 11 is 0. The zero-order chi connectivity index (χ0) is 12.4. The van der Waals surface area contributed by atoms with Gasteiger partial charge in [-0.15, -0.1) is 0 Å². The Kier molecular flexibility index (Phi) is 8.96. The van der Waals surface area contributed by atoms with E-state index in [4.69, 9.17) is 4.74 Å². The van der Waals surface area contributed by atoms with Gasteiger partial charge in [-0.05, 0) is 43.7 Å². The fraction of sp³-hybridized carbons (Fsp3) is 1.00. The molecule has 0 saturated carbocycles. The minimum atomic E-state index is 0.371. The molecule has 0 radical (unpaired) electrons. The van der Waals surface area contributed by atoms with Crippen molar-refractivity contribution in [2.24, 2.45) is 11.3 Å². The molecule has 1 N–H and O–H groups in total. The van der Waals surface area contributed by atoms with Crippen LogP contribution < -0.4 is 5.32 Å². The SMILES string of the molecule is CCCNCC(CCOCCC)C(C)(C)C. The first-order valence-electron chi connectivity index (χ1n) is 6.80. The number of hydrogen-bond acceptors (Lipinski definition) is 2. The fourth-order valence-corrected chi connectivity index (χ4v) is 1.77. The van der Waals surface area contributed by atoms with Crippen molar-refractivity contribution < 1.29 is 4.74 Å². The largest absolute Gasteiger partial charge is 0.381 e. The summed E-state index contributed by atoms with van der Waals surface area (Å²) in [4.78, 5) is 0. The molecule has 0 aromatic carbocycles. The summed E-state index contributed by atoms with van der Waals surface area (Å²) in [5.74, 6) is 0.705. The highest BCUT2D eigenvalue weighted by Gasteiger charge is 2.23. The Balaban J connectivity index is 3.82. The molecule has 0 aromatic rings. The molecule has 2 heteroatoms. The molecular formula is C14H31NO. The van der Waals surface area contributed by atoms with Crippen LogP contribution in [0.3, 0.4) is 0 Å². The molecule has 1 unspecified atom stereocenters. The van der Waals surface area contributed by atoms with Gasteiger partial charge in [0.1, 0.15) is 0 Å². The van der Waals surface area contributed by atoms with E-state index in [0.29, 0.717) is 11.3 Å². The molecule has 98 valence electrons. The van der Waals surface area contributed by atoms with E-state index < -0.39 is 0 Å². The zero-order valence-corrected chi connectivity index (χ0v) is 11.9. The summed E-state index contributed by atoms with van der Waals surface area (Å²) in [6.07, 6.45) is 3.50. The van der Waals surface area contributed by atoms with Crippen LogP contribution in [0.2, 0.25) is 0 Å². The summed E-state index contributed by atoms with van der Waals surface area (Å²) in [7, 11) is 0. The average molecular weight is 229 g/mol. The van der Waals surface area contributed by atoms with Crippen molar-refractivity contribution in [3.63, 3.8) is 0 Å². The van der Waals surface area contributed by atoms with Gasteiger partial charge in [-0.2, -0.15) is 0 Å². The van der Waals surface area contributed by atoms with Crippen LogP contribution in [0, 0.1) is 11.3 Å². The molecule has 0 bridgehead atoms. The molecule has 0 aliphatic rings. The molecule has 0 aliphatic carbocycles. The average Bonchev–Trinajstić information content (AvgIpc) is 2.20. The van der Waals surface area contributed by atoms with Gasteiger partial charge in [-0.3, -0.25) is 0 Å². The van der Waals surface area contributed by atoms with Crippen LogP contribution in [0.5, 0.6) is 0 Å². The molecule has 0 fully saturated rings. The summed E-state index contributed by atoms with van der Waals surface area (Å²) in [5, 5.41) is 3.53. The van der Waals surface area contributed by atoms with Crippen molar-refractivity contribution in [3.05, 3.63) is 0 Å². The monoisotopic (exact) mass is 229 g/mol. The lowest BCUT2D eigenvalue weighted by molar-refractivity contribution is 0.0969. The Labute approximate surface area is 102 Å². The highest BCUT2D eigenvalue weighted by molar-refractivity contribution is 4.75. The maximum Gasteiger partial charge on any atom is 0.0469 e. The number of rotatable bonds is 9. The third-order valence-corrected chi connectivity index (χ3v) is 3.00. The van der Waals surface area contributed by atoms with E-state index in [9.17, 15) is 0 Å². The minimum absolute atomic E-state index is 0.371. The first-order valence-corrected chi connectivity index (χ1v) is 6.80. The second-order valence-corrected chi connectivity index (χ2v) is 5.67. The lowest BCUT2D eigenvalue weighted by Gasteiger charge is -2.31. The zero-order valence-electron chi connectivity index (χ0n) is 11.9. The van der Waals surface area contributed by atoms with Gasteiger partial charge < -0.3 is 10.1 Å². The summed E-state index contributed by atoms with van der Waals surface area (Å²) in [6, 6.07) is 0. The Bertz CT molecular complexity index is 151. The van der Waals surface area contributed by atoms with Crippen LogP contribution >= 0.6 is 0 Å². The van der Waals surface area contributed by atoms with E-state index in [-0.39, 0.29) is 0 Å². The highest BCUT2D eigenvalue weighted by atomic mass is 16.5. The topological polar surface area (TPSA) is 21.3 Å². The smallest absolute Gasteiger partial charge is 0.0469 e. The van der Waals surface area contributed by atoms with Gasteiger partial charge in [0.05, 0.1) is 0 Å². The predicted molar refractivity (Wildman–Crippen MR) is 71.8 cm³/mol. The third-order valence-electron chi connectivity index (χ3n) is 3.00. The van der Waals surface area contributed by atoms with Crippen molar-refractivity contribution in [1.82, 2.24) is 5.32 Å². The Morgan fingerprint density at radius 3 is 2.25 bits per heavy atom. The fourth-order valence-electron chi connectivity index (χ4n) is 1.77. The normalized spacial score (nSPS) is 14.1. The third kappa shape index (κ3) is 8.12. The quantitative estimate of drug-likeness (QED) is 0.611. The Hall–Kier alpha value is -0.0800. The van der Waals surface area contributed by atoms with E-state index in [0.717, 1.165) is 32.7 Å². The predicted octanol–water partition coefficient (Wildman–Crippen LogP) is 3.47. The van der Waals surface area contributed by atoms with Crippen LogP contribution in [0.15, 0.2) is 0 Å². The molecule has 0 rings (SSSR count).